The molecule has 2 N–H and O–H groups in total. The zero-order valence-corrected chi connectivity index (χ0v) is 13.8. The van der Waals surface area contributed by atoms with Gasteiger partial charge in [-0.3, -0.25) is 4.79 Å². The number of benzene rings is 1. The summed E-state index contributed by atoms with van der Waals surface area (Å²) in [7, 11) is 1.56. The van der Waals surface area contributed by atoms with Crippen LogP contribution in [0.15, 0.2) is 18.2 Å². The monoisotopic (exact) mass is 313 g/mol. The number of hydrogen-bond acceptors (Lipinski definition) is 3. The number of methoxy groups -OCH3 is 1. The molecule has 0 saturated heterocycles. The molecule has 1 atom stereocenters. The fourth-order valence-electron chi connectivity index (χ4n) is 2.24. The molecule has 1 aromatic rings. The molecule has 0 heterocycles. The van der Waals surface area contributed by atoms with Crippen molar-refractivity contribution in [2.75, 3.05) is 13.7 Å². The lowest BCUT2D eigenvalue weighted by Gasteiger charge is -2.25. The summed E-state index contributed by atoms with van der Waals surface area (Å²) in [5.41, 5.74) is 0.768. The Labute approximate surface area is 131 Å². The highest BCUT2D eigenvalue weighted by Gasteiger charge is 2.20. The van der Waals surface area contributed by atoms with Crippen LogP contribution in [0.4, 0.5) is 0 Å². The Kier molecular flexibility index (Phi) is 6.49. The maximum atomic E-state index is 12.1. The number of amides is 1. The summed E-state index contributed by atoms with van der Waals surface area (Å²) >= 11 is 5.95. The van der Waals surface area contributed by atoms with Gasteiger partial charge in [-0.1, -0.05) is 32.4 Å². The van der Waals surface area contributed by atoms with Gasteiger partial charge in [0.05, 0.1) is 26.2 Å². The summed E-state index contributed by atoms with van der Waals surface area (Å²) in [5.74, 6) is 0.477. The standard InChI is InChI=1S/C16H24ClNO3/c1-16(2,3)9-13(10-19)18-15(20)8-11-7-12(17)5-6-14(11)21-4/h5-7,13,19H,8-10H2,1-4H3,(H,18,20). The molecular formula is C16H24ClNO3. The minimum Gasteiger partial charge on any atom is -0.496 e. The van der Waals surface area contributed by atoms with Crippen molar-refractivity contribution in [3.05, 3.63) is 28.8 Å². The number of ether oxygens (including phenoxy) is 1. The van der Waals surface area contributed by atoms with Crippen LogP contribution < -0.4 is 10.1 Å². The van der Waals surface area contributed by atoms with Crippen LogP contribution in [0.5, 0.6) is 5.75 Å². The Hall–Kier alpha value is -1.26. The number of aliphatic hydroxyl groups is 1. The van der Waals surface area contributed by atoms with E-state index in [1.807, 2.05) is 0 Å². The van der Waals surface area contributed by atoms with Crippen molar-refractivity contribution >= 4 is 17.5 Å². The van der Waals surface area contributed by atoms with E-state index in [-0.39, 0.29) is 30.4 Å². The molecule has 21 heavy (non-hydrogen) atoms. The molecular weight excluding hydrogens is 290 g/mol. The van der Waals surface area contributed by atoms with E-state index in [1.165, 1.54) is 0 Å². The number of nitrogens with one attached hydrogen (secondary N) is 1. The first-order chi connectivity index (χ1) is 9.75. The van der Waals surface area contributed by atoms with Crippen LogP contribution in [-0.2, 0) is 11.2 Å². The zero-order chi connectivity index (χ0) is 16.0. The number of carbonyl (C=O) groups is 1. The molecule has 0 saturated carbocycles. The first kappa shape index (κ1) is 17.8. The van der Waals surface area contributed by atoms with Crippen LogP contribution in [0, 0.1) is 5.41 Å². The SMILES string of the molecule is COc1ccc(Cl)cc1CC(=O)NC(CO)CC(C)(C)C. The quantitative estimate of drug-likeness (QED) is 0.849. The van der Waals surface area contributed by atoms with Gasteiger partial charge >= 0.3 is 0 Å². The van der Waals surface area contributed by atoms with E-state index in [1.54, 1.807) is 25.3 Å². The van der Waals surface area contributed by atoms with Gasteiger partial charge in [-0.2, -0.15) is 0 Å². The van der Waals surface area contributed by atoms with Gasteiger partial charge in [-0.25, -0.2) is 0 Å². The third-order valence-electron chi connectivity index (χ3n) is 3.04. The second kappa shape index (κ2) is 7.66. The molecule has 1 unspecified atom stereocenters. The van der Waals surface area contributed by atoms with Gasteiger partial charge in [0.2, 0.25) is 5.91 Å². The van der Waals surface area contributed by atoms with Crippen LogP contribution in [0.3, 0.4) is 0 Å². The fraction of sp³-hybridized carbons (Fsp3) is 0.562. The molecule has 0 aromatic heterocycles. The summed E-state index contributed by atoms with van der Waals surface area (Å²) in [5, 5.41) is 12.8. The number of halogens is 1. The van der Waals surface area contributed by atoms with Crippen molar-refractivity contribution in [3.8, 4) is 5.75 Å². The van der Waals surface area contributed by atoms with E-state index in [9.17, 15) is 9.90 Å². The first-order valence-electron chi connectivity index (χ1n) is 6.98. The average molecular weight is 314 g/mol. The van der Waals surface area contributed by atoms with E-state index in [0.29, 0.717) is 17.2 Å². The lowest BCUT2D eigenvalue weighted by molar-refractivity contribution is -0.121. The molecule has 1 aromatic carbocycles. The smallest absolute Gasteiger partial charge is 0.224 e. The summed E-state index contributed by atoms with van der Waals surface area (Å²) < 4.78 is 5.23. The summed E-state index contributed by atoms with van der Waals surface area (Å²) in [6.45, 7) is 6.14. The fourth-order valence-corrected chi connectivity index (χ4v) is 2.43. The van der Waals surface area contributed by atoms with Crippen molar-refractivity contribution in [2.24, 2.45) is 5.41 Å². The van der Waals surface area contributed by atoms with E-state index in [0.717, 1.165) is 5.56 Å². The normalized spacial score (nSPS) is 12.9. The Morgan fingerprint density at radius 1 is 1.43 bits per heavy atom. The Morgan fingerprint density at radius 3 is 2.62 bits per heavy atom. The molecule has 1 rings (SSSR count). The third kappa shape index (κ3) is 6.36. The second-order valence-corrected chi connectivity index (χ2v) is 6.78. The molecule has 118 valence electrons. The maximum Gasteiger partial charge on any atom is 0.224 e. The van der Waals surface area contributed by atoms with Gasteiger partial charge in [0.1, 0.15) is 5.75 Å². The Morgan fingerprint density at radius 2 is 2.10 bits per heavy atom. The predicted octanol–water partition coefficient (Wildman–Crippen LogP) is 2.80. The molecule has 0 aliphatic rings. The lowest BCUT2D eigenvalue weighted by Crippen LogP contribution is -2.40. The molecule has 0 bridgehead atoms. The molecule has 5 heteroatoms. The number of carbonyl (C=O) groups excluding carboxylic acids is 1. The van der Waals surface area contributed by atoms with Gasteiger partial charge < -0.3 is 15.2 Å². The molecule has 1 amide bonds. The van der Waals surface area contributed by atoms with Crippen LogP contribution >= 0.6 is 11.6 Å². The molecule has 0 radical (unpaired) electrons. The van der Waals surface area contributed by atoms with Crippen LogP contribution in [0.2, 0.25) is 5.02 Å². The van der Waals surface area contributed by atoms with Crippen molar-refractivity contribution in [1.82, 2.24) is 5.32 Å². The molecule has 0 spiro atoms. The average Bonchev–Trinajstić information content (AvgIpc) is 2.36. The van der Waals surface area contributed by atoms with E-state index >= 15 is 0 Å². The van der Waals surface area contributed by atoms with Crippen molar-refractivity contribution in [1.29, 1.82) is 0 Å². The van der Waals surface area contributed by atoms with Crippen molar-refractivity contribution in [3.63, 3.8) is 0 Å². The summed E-state index contributed by atoms with van der Waals surface area (Å²) in [6, 6.07) is 4.93. The first-order valence-corrected chi connectivity index (χ1v) is 7.35. The maximum absolute atomic E-state index is 12.1. The van der Waals surface area contributed by atoms with Crippen LogP contribution in [-0.4, -0.2) is 30.8 Å². The minimum atomic E-state index is -0.248. The van der Waals surface area contributed by atoms with Crippen molar-refractivity contribution in [2.45, 2.75) is 39.7 Å². The van der Waals surface area contributed by atoms with Gasteiger partial charge in [0.15, 0.2) is 0 Å². The van der Waals surface area contributed by atoms with Gasteiger partial charge in [0.25, 0.3) is 0 Å². The summed E-state index contributed by atoms with van der Waals surface area (Å²) in [6.07, 6.45) is 0.881. The Balaban J connectivity index is 2.70. The zero-order valence-electron chi connectivity index (χ0n) is 13.1. The minimum absolute atomic E-state index is 0.0361. The van der Waals surface area contributed by atoms with Gasteiger partial charge in [-0.05, 0) is 30.0 Å². The molecule has 0 fully saturated rings. The highest BCUT2D eigenvalue weighted by atomic mass is 35.5. The summed E-state index contributed by atoms with van der Waals surface area (Å²) in [4.78, 5) is 12.1. The van der Waals surface area contributed by atoms with Gasteiger partial charge in [-0.15, -0.1) is 0 Å². The van der Waals surface area contributed by atoms with E-state index in [4.69, 9.17) is 16.3 Å². The van der Waals surface area contributed by atoms with Crippen molar-refractivity contribution < 1.29 is 14.6 Å². The second-order valence-electron chi connectivity index (χ2n) is 6.34. The molecule has 0 aliphatic carbocycles. The topological polar surface area (TPSA) is 58.6 Å². The van der Waals surface area contributed by atoms with Gasteiger partial charge in [0, 0.05) is 10.6 Å². The van der Waals surface area contributed by atoms with Crippen LogP contribution in [0.1, 0.15) is 32.8 Å². The Bertz CT molecular complexity index is 483. The van der Waals surface area contributed by atoms with E-state index in [2.05, 4.69) is 26.1 Å². The largest absolute Gasteiger partial charge is 0.496 e. The van der Waals surface area contributed by atoms with Crippen LogP contribution in [0.25, 0.3) is 0 Å². The number of aliphatic hydroxyl groups excluding tert-OH is 1. The third-order valence-corrected chi connectivity index (χ3v) is 3.27. The number of rotatable bonds is 6. The predicted molar refractivity (Wildman–Crippen MR) is 84.8 cm³/mol. The van der Waals surface area contributed by atoms with E-state index < -0.39 is 0 Å². The lowest BCUT2D eigenvalue weighted by atomic mass is 9.88. The molecule has 0 aliphatic heterocycles. The molecule has 4 nitrogen and oxygen atoms in total. The highest BCUT2D eigenvalue weighted by Crippen LogP contribution is 2.24. The number of hydrogen-bond donors (Lipinski definition) is 2. The highest BCUT2D eigenvalue weighted by molar-refractivity contribution is 6.30.